The van der Waals surface area contributed by atoms with Gasteiger partial charge in [-0.3, -0.25) is 14.4 Å². The standard InChI is InChI=1S/C24H28FN3O3/c1-4-7-22(29)26-19-11-10-16-13-21(24(31)27(2)3)28(15-18(16)12-19)23(30)14-17-8-5-6-9-20(17)25/h5-6,8-12,21H,4,7,13-15H2,1-3H3,(H,26,29)/t21-/m0/s1. The van der Waals surface area contributed by atoms with Gasteiger partial charge in [-0.1, -0.05) is 31.2 Å². The third-order valence-electron chi connectivity index (χ3n) is 5.44. The van der Waals surface area contributed by atoms with E-state index < -0.39 is 11.9 Å². The Labute approximate surface area is 182 Å². The number of fused-ring (bicyclic) bond motifs is 1. The first kappa shape index (κ1) is 22.5. The zero-order valence-electron chi connectivity index (χ0n) is 18.2. The minimum absolute atomic E-state index is 0.0635. The third-order valence-corrected chi connectivity index (χ3v) is 5.44. The van der Waals surface area contributed by atoms with Gasteiger partial charge >= 0.3 is 0 Å². The molecule has 0 aromatic heterocycles. The molecule has 164 valence electrons. The van der Waals surface area contributed by atoms with Crippen molar-refractivity contribution in [2.75, 3.05) is 19.4 Å². The predicted octanol–water partition coefficient (Wildman–Crippen LogP) is 3.15. The number of rotatable bonds is 6. The molecule has 0 unspecified atom stereocenters. The number of carbonyl (C=O) groups excluding carboxylic acids is 3. The van der Waals surface area contributed by atoms with Gasteiger partial charge in [0.1, 0.15) is 11.9 Å². The Morgan fingerprint density at radius 1 is 1.13 bits per heavy atom. The molecule has 1 aliphatic rings. The fourth-order valence-corrected chi connectivity index (χ4v) is 3.80. The Hall–Kier alpha value is -3.22. The van der Waals surface area contributed by atoms with Crippen molar-refractivity contribution >= 4 is 23.4 Å². The molecule has 0 saturated heterocycles. The molecule has 0 spiro atoms. The van der Waals surface area contributed by atoms with Crippen molar-refractivity contribution in [1.82, 2.24) is 9.80 Å². The monoisotopic (exact) mass is 425 g/mol. The molecule has 3 amide bonds. The van der Waals surface area contributed by atoms with Crippen molar-refractivity contribution in [2.24, 2.45) is 0 Å². The van der Waals surface area contributed by atoms with E-state index in [0.29, 0.717) is 24.1 Å². The van der Waals surface area contributed by atoms with Crippen LogP contribution in [0.1, 0.15) is 36.5 Å². The Bertz CT molecular complexity index is 990. The maximum absolute atomic E-state index is 14.1. The molecule has 0 bridgehead atoms. The molecule has 0 saturated carbocycles. The quantitative estimate of drug-likeness (QED) is 0.773. The average Bonchev–Trinajstić information content (AvgIpc) is 2.73. The van der Waals surface area contributed by atoms with Crippen LogP contribution < -0.4 is 5.32 Å². The molecule has 1 N–H and O–H groups in total. The second-order valence-electron chi connectivity index (χ2n) is 8.02. The van der Waals surface area contributed by atoms with E-state index in [2.05, 4.69) is 5.32 Å². The van der Waals surface area contributed by atoms with E-state index in [9.17, 15) is 18.8 Å². The highest BCUT2D eigenvalue weighted by Crippen LogP contribution is 2.28. The first-order chi connectivity index (χ1) is 14.8. The van der Waals surface area contributed by atoms with E-state index >= 15 is 0 Å². The van der Waals surface area contributed by atoms with Gasteiger partial charge in [-0.15, -0.1) is 0 Å². The maximum atomic E-state index is 14.1. The molecule has 6 nitrogen and oxygen atoms in total. The van der Waals surface area contributed by atoms with E-state index in [1.807, 2.05) is 25.1 Å². The third kappa shape index (κ3) is 5.29. The normalized spacial score (nSPS) is 15.2. The number of carbonyl (C=O) groups is 3. The molecular formula is C24H28FN3O3. The van der Waals surface area contributed by atoms with Crippen LogP contribution in [0, 0.1) is 5.82 Å². The summed E-state index contributed by atoms with van der Waals surface area (Å²) in [5.74, 6) is -0.986. The fraction of sp³-hybridized carbons (Fsp3) is 0.375. The summed E-state index contributed by atoms with van der Waals surface area (Å²) < 4.78 is 14.1. The van der Waals surface area contributed by atoms with Crippen molar-refractivity contribution in [2.45, 2.75) is 45.2 Å². The van der Waals surface area contributed by atoms with Gasteiger partial charge in [0.2, 0.25) is 17.7 Å². The van der Waals surface area contributed by atoms with Gasteiger partial charge in [-0.25, -0.2) is 4.39 Å². The number of likely N-dealkylation sites (N-methyl/N-ethyl adjacent to an activating group) is 1. The minimum Gasteiger partial charge on any atom is -0.347 e. The van der Waals surface area contributed by atoms with Crippen molar-refractivity contribution in [3.8, 4) is 0 Å². The number of amides is 3. The van der Waals surface area contributed by atoms with Gasteiger partial charge in [0, 0.05) is 39.2 Å². The van der Waals surface area contributed by atoms with E-state index in [4.69, 9.17) is 0 Å². The number of benzene rings is 2. The van der Waals surface area contributed by atoms with E-state index in [1.54, 1.807) is 32.3 Å². The van der Waals surface area contributed by atoms with Crippen molar-refractivity contribution < 1.29 is 18.8 Å². The van der Waals surface area contributed by atoms with Crippen LogP contribution in [-0.4, -0.2) is 47.7 Å². The molecule has 31 heavy (non-hydrogen) atoms. The van der Waals surface area contributed by atoms with Crippen LogP contribution in [0.5, 0.6) is 0 Å². The highest BCUT2D eigenvalue weighted by atomic mass is 19.1. The lowest BCUT2D eigenvalue weighted by Gasteiger charge is -2.37. The summed E-state index contributed by atoms with van der Waals surface area (Å²) in [6.07, 6.45) is 1.44. The van der Waals surface area contributed by atoms with Gasteiger partial charge < -0.3 is 15.1 Å². The largest absolute Gasteiger partial charge is 0.347 e. The molecule has 7 heteroatoms. The molecule has 3 rings (SSSR count). The number of halogens is 1. The summed E-state index contributed by atoms with van der Waals surface area (Å²) in [5, 5.41) is 2.87. The van der Waals surface area contributed by atoms with Crippen LogP contribution in [0.25, 0.3) is 0 Å². The number of anilines is 1. The topological polar surface area (TPSA) is 69.7 Å². The summed E-state index contributed by atoms with van der Waals surface area (Å²) in [5.41, 5.74) is 2.80. The minimum atomic E-state index is -0.651. The number of hydrogen-bond donors (Lipinski definition) is 1. The van der Waals surface area contributed by atoms with Crippen molar-refractivity contribution in [3.05, 3.63) is 65.0 Å². The SMILES string of the molecule is CCCC(=O)Nc1ccc2c(c1)CN(C(=O)Cc1ccccc1F)[C@H](C(=O)N(C)C)C2. The van der Waals surface area contributed by atoms with Crippen molar-refractivity contribution in [3.63, 3.8) is 0 Å². The van der Waals surface area contributed by atoms with Crippen LogP contribution in [-0.2, 0) is 33.8 Å². The van der Waals surface area contributed by atoms with Gasteiger partial charge in [0.25, 0.3) is 0 Å². The van der Waals surface area contributed by atoms with Crippen LogP contribution in [0.2, 0.25) is 0 Å². The number of hydrogen-bond acceptors (Lipinski definition) is 3. The van der Waals surface area contributed by atoms with E-state index in [-0.39, 0.29) is 30.7 Å². The Kier molecular flexibility index (Phi) is 7.05. The highest BCUT2D eigenvalue weighted by Gasteiger charge is 2.35. The second kappa shape index (κ2) is 9.73. The lowest BCUT2D eigenvalue weighted by molar-refractivity contribution is -0.145. The van der Waals surface area contributed by atoms with Crippen LogP contribution in [0.3, 0.4) is 0 Å². The Balaban J connectivity index is 1.88. The zero-order chi connectivity index (χ0) is 22.5. The van der Waals surface area contributed by atoms with Gasteiger partial charge in [-0.2, -0.15) is 0 Å². The molecule has 2 aromatic rings. The maximum Gasteiger partial charge on any atom is 0.245 e. The lowest BCUT2D eigenvalue weighted by Crippen LogP contribution is -2.52. The zero-order valence-corrected chi connectivity index (χ0v) is 18.2. The van der Waals surface area contributed by atoms with E-state index in [0.717, 1.165) is 17.5 Å². The summed E-state index contributed by atoms with van der Waals surface area (Å²) in [6.45, 7) is 2.16. The first-order valence-corrected chi connectivity index (χ1v) is 10.5. The molecule has 1 atom stereocenters. The molecule has 1 heterocycles. The summed E-state index contributed by atoms with van der Waals surface area (Å²) in [7, 11) is 3.31. The summed E-state index contributed by atoms with van der Waals surface area (Å²) in [4.78, 5) is 40.9. The number of nitrogens with zero attached hydrogens (tertiary/aromatic N) is 2. The molecule has 0 radical (unpaired) electrons. The summed E-state index contributed by atoms with van der Waals surface area (Å²) in [6, 6.07) is 11.1. The van der Waals surface area contributed by atoms with Crippen LogP contribution in [0.15, 0.2) is 42.5 Å². The molecule has 0 aliphatic carbocycles. The van der Waals surface area contributed by atoms with Gasteiger partial charge in [0.05, 0.1) is 6.42 Å². The molecule has 1 aliphatic heterocycles. The first-order valence-electron chi connectivity index (χ1n) is 10.5. The van der Waals surface area contributed by atoms with Crippen LogP contribution in [0.4, 0.5) is 10.1 Å². The molecule has 2 aromatic carbocycles. The smallest absolute Gasteiger partial charge is 0.245 e. The summed E-state index contributed by atoms with van der Waals surface area (Å²) >= 11 is 0. The predicted molar refractivity (Wildman–Crippen MR) is 117 cm³/mol. The second-order valence-corrected chi connectivity index (χ2v) is 8.02. The average molecular weight is 426 g/mol. The Morgan fingerprint density at radius 2 is 1.87 bits per heavy atom. The molecular weight excluding hydrogens is 397 g/mol. The van der Waals surface area contributed by atoms with Crippen LogP contribution >= 0.6 is 0 Å². The molecule has 0 fully saturated rings. The number of nitrogens with one attached hydrogen (secondary N) is 1. The lowest BCUT2D eigenvalue weighted by atomic mass is 9.92. The fourth-order valence-electron chi connectivity index (χ4n) is 3.80. The van der Waals surface area contributed by atoms with Gasteiger partial charge in [-0.05, 0) is 41.3 Å². The highest BCUT2D eigenvalue weighted by molar-refractivity contribution is 5.91. The van der Waals surface area contributed by atoms with Gasteiger partial charge in [0.15, 0.2) is 0 Å². The van der Waals surface area contributed by atoms with Crippen molar-refractivity contribution in [1.29, 1.82) is 0 Å². The Morgan fingerprint density at radius 3 is 2.55 bits per heavy atom. The van der Waals surface area contributed by atoms with E-state index in [1.165, 1.54) is 15.9 Å².